The maximum Gasteiger partial charge on any atom is 0.416 e. The molecule has 2 aromatic rings. The summed E-state index contributed by atoms with van der Waals surface area (Å²) in [5.74, 6) is 0.520. The summed E-state index contributed by atoms with van der Waals surface area (Å²) < 4.78 is 48.9. The van der Waals surface area contributed by atoms with E-state index in [0.29, 0.717) is 37.7 Å². The minimum Gasteiger partial charge on any atom is -0.399 e. The number of aromatic nitrogens is 2. The largest absolute Gasteiger partial charge is 0.416 e. The molecule has 0 amide bonds. The Balaban J connectivity index is 1.47. The summed E-state index contributed by atoms with van der Waals surface area (Å²) >= 11 is 7.70. The second-order valence-corrected chi connectivity index (χ2v) is 8.54. The van der Waals surface area contributed by atoms with E-state index >= 15 is 0 Å². The third kappa shape index (κ3) is 5.09. The van der Waals surface area contributed by atoms with Crippen LogP contribution in [0.1, 0.15) is 22.4 Å². The number of nitrogens with zero attached hydrogens (tertiary/aromatic N) is 4. The Bertz CT molecular complexity index is 926. The van der Waals surface area contributed by atoms with Crippen molar-refractivity contribution in [1.29, 1.82) is 0 Å². The average molecular weight is 461 g/mol. The molecule has 0 bridgehead atoms. The summed E-state index contributed by atoms with van der Waals surface area (Å²) in [4.78, 5) is 8.58. The molecule has 2 aliphatic rings. The highest BCUT2D eigenvalue weighted by Crippen LogP contribution is 2.34. The van der Waals surface area contributed by atoms with Crippen LogP contribution in [0, 0.1) is 0 Å². The predicted octanol–water partition coefficient (Wildman–Crippen LogP) is 3.55. The Morgan fingerprint density at radius 1 is 1.13 bits per heavy atom. The third-order valence-electron chi connectivity index (χ3n) is 4.73. The molecule has 1 fully saturated rings. The molecule has 1 aromatic heterocycles. The molecule has 0 saturated carbocycles. The first kappa shape index (κ1) is 21.4. The Morgan fingerprint density at radius 3 is 2.63 bits per heavy atom. The predicted molar refractivity (Wildman–Crippen MR) is 109 cm³/mol. The van der Waals surface area contributed by atoms with Gasteiger partial charge in [-0.25, -0.2) is 18.6 Å². The molecule has 3 heterocycles. The van der Waals surface area contributed by atoms with Gasteiger partial charge in [-0.3, -0.25) is 0 Å². The zero-order chi connectivity index (χ0) is 21.3. The van der Waals surface area contributed by atoms with E-state index in [1.807, 2.05) is 0 Å². The number of hydrogen-bond acceptors (Lipinski definition) is 8. The molecule has 3 N–H and O–H groups in total. The zero-order valence-corrected chi connectivity index (χ0v) is 17.4. The number of benzene rings is 1. The summed E-state index contributed by atoms with van der Waals surface area (Å²) in [5.41, 5.74) is 7.03. The molecule has 0 unspecified atom stereocenters. The van der Waals surface area contributed by atoms with Crippen LogP contribution in [0.5, 0.6) is 0 Å². The molecule has 2 aliphatic heterocycles. The number of nitrogens with one attached hydrogen (secondary N) is 1. The maximum absolute atomic E-state index is 13.0. The lowest BCUT2D eigenvalue weighted by atomic mass is 10.1. The van der Waals surface area contributed by atoms with Crippen molar-refractivity contribution in [1.82, 2.24) is 18.6 Å². The van der Waals surface area contributed by atoms with Crippen molar-refractivity contribution >= 4 is 35.2 Å². The number of morpholine rings is 1. The average Bonchev–Trinajstić information content (AvgIpc) is 3.08. The van der Waals surface area contributed by atoms with Crippen LogP contribution in [0.3, 0.4) is 0 Å². The van der Waals surface area contributed by atoms with Crippen molar-refractivity contribution in [2.24, 2.45) is 0 Å². The van der Waals surface area contributed by atoms with Gasteiger partial charge in [0, 0.05) is 49.6 Å². The van der Waals surface area contributed by atoms with Crippen molar-refractivity contribution in [3.8, 4) is 0 Å². The smallest absolute Gasteiger partial charge is 0.399 e. The molecule has 0 atom stereocenters. The molecule has 162 valence electrons. The maximum atomic E-state index is 13.0. The monoisotopic (exact) mass is 460 g/mol. The Morgan fingerprint density at radius 2 is 1.90 bits per heavy atom. The summed E-state index contributed by atoms with van der Waals surface area (Å²) in [6.45, 7) is 4.41. The molecule has 0 spiro atoms. The van der Waals surface area contributed by atoms with E-state index in [-0.39, 0.29) is 17.5 Å². The number of halogens is 4. The SMILES string of the molecule is Nc1cc(CNc2nc(Cl)nc3c2CN(SN2CCOCC2)C3)cc(C(F)(F)F)c1. The van der Waals surface area contributed by atoms with E-state index in [0.717, 1.165) is 36.5 Å². The summed E-state index contributed by atoms with van der Waals surface area (Å²) in [6, 6.07) is 3.50. The molecular formula is C18H20ClF3N6OS. The number of ether oxygens (including phenoxy) is 1. The lowest BCUT2D eigenvalue weighted by Crippen LogP contribution is -2.33. The van der Waals surface area contributed by atoms with Crippen LogP contribution >= 0.6 is 23.7 Å². The first-order chi connectivity index (χ1) is 14.3. The highest BCUT2D eigenvalue weighted by atomic mass is 35.5. The van der Waals surface area contributed by atoms with Crippen LogP contribution in [0.15, 0.2) is 18.2 Å². The van der Waals surface area contributed by atoms with E-state index < -0.39 is 11.7 Å². The van der Waals surface area contributed by atoms with Crippen molar-refractivity contribution in [2.45, 2.75) is 25.8 Å². The lowest BCUT2D eigenvalue weighted by Gasteiger charge is -2.28. The first-order valence-electron chi connectivity index (χ1n) is 9.29. The third-order valence-corrected chi connectivity index (χ3v) is 5.98. The molecule has 12 heteroatoms. The number of nitrogen functional groups attached to an aromatic ring is 1. The Labute approximate surface area is 181 Å². The quantitative estimate of drug-likeness (QED) is 0.398. The highest BCUT2D eigenvalue weighted by Gasteiger charge is 2.31. The fourth-order valence-corrected chi connectivity index (χ4v) is 4.55. The van der Waals surface area contributed by atoms with Crippen LogP contribution in [0.25, 0.3) is 0 Å². The number of alkyl halides is 3. The second-order valence-electron chi connectivity index (χ2n) is 7.00. The Kier molecular flexibility index (Phi) is 6.26. The van der Waals surface area contributed by atoms with E-state index in [1.165, 1.54) is 6.07 Å². The minimum absolute atomic E-state index is 0.0562. The summed E-state index contributed by atoms with van der Waals surface area (Å²) in [5, 5.41) is 3.20. The molecule has 1 aromatic carbocycles. The van der Waals surface area contributed by atoms with Crippen LogP contribution in [-0.4, -0.2) is 44.9 Å². The van der Waals surface area contributed by atoms with Crippen molar-refractivity contribution in [3.05, 3.63) is 45.9 Å². The van der Waals surface area contributed by atoms with Crippen LogP contribution in [-0.2, 0) is 30.5 Å². The minimum atomic E-state index is -4.46. The molecule has 0 aliphatic carbocycles. The van der Waals surface area contributed by atoms with E-state index in [2.05, 4.69) is 23.9 Å². The van der Waals surface area contributed by atoms with Gasteiger partial charge in [0.2, 0.25) is 5.28 Å². The number of anilines is 2. The Hall–Kier alpha value is -1.79. The number of nitrogens with two attached hydrogens (primary N) is 1. The van der Waals surface area contributed by atoms with Gasteiger partial charge >= 0.3 is 6.18 Å². The number of fused-ring (bicyclic) bond motifs is 1. The molecule has 0 radical (unpaired) electrons. The van der Waals surface area contributed by atoms with Gasteiger partial charge < -0.3 is 15.8 Å². The highest BCUT2D eigenvalue weighted by molar-refractivity contribution is 7.94. The summed E-state index contributed by atoms with van der Waals surface area (Å²) in [7, 11) is 0. The van der Waals surface area contributed by atoms with Gasteiger partial charge in [0.05, 0.1) is 31.0 Å². The normalized spacial score (nSPS) is 17.9. The van der Waals surface area contributed by atoms with Crippen molar-refractivity contribution in [3.63, 3.8) is 0 Å². The van der Waals surface area contributed by atoms with E-state index in [1.54, 1.807) is 12.1 Å². The van der Waals surface area contributed by atoms with Gasteiger partial charge in [-0.2, -0.15) is 13.2 Å². The zero-order valence-electron chi connectivity index (χ0n) is 15.9. The number of hydrogen-bond donors (Lipinski definition) is 2. The van der Waals surface area contributed by atoms with Crippen LogP contribution < -0.4 is 11.1 Å². The van der Waals surface area contributed by atoms with Crippen LogP contribution in [0.4, 0.5) is 24.7 Å². The molecule has 7 nitrogen and oxygen atoms in total. The molecule has 1 saturated heterocycles. The fraction of sp³-hybridized carbons (Fsp3) is 0.444. The van der Waals surface area contributed by atoms with Gasteiger partial charge in [0.25, 0.3) is 0 Å². The fourth-order valence-electron chi connectivity index (χ4n) is 3.36. The van der Waals surface area contributed by atoms with Gasteiger partial charge in [-0.1, -0.05) is 0 Å². The standard InChI is InChI=1S/C18H20ClF3N6OS/c19-17-25-15-10-28(30-27-1-3-29-4-2-27)9-14(15)16(26-17)24-8-11-5-12(18(20,21)22)7-13(23)6-11/h5-7H,1-4,8-10,23H2,(H,24,25,26). The van der Waals surface area contributed by atoms with Crippen molar-refractivity contribution < 1.29 is 17.9 Å². The first-order valence-corrected chi connectivity index (χ1v) is 10.4. The summed E-state index contributed by atoms with van der Waals surface area (Å²) in [6.07, 6.45) is -4.46. The van der Waals surface area contributed by atoms with E-state index in [9.17, 15) is 13.2 Å². The topological polar surface area (TPSA) is 79.5 Å². The number of rotatable bonds is 5. The van der Waals surface area contributed by atoms with Crippen molar-refractivity contribution in [2.75, 3.05) is 37.4 Å². The lowest BCUT2D eigenvalue weighted by molar-refractivity contribution is -0.137. The molecule has 4 rings (SSSR count). The second kappa shape index (κ2) is 8.75. The molecular weight excluding hydrogens is 441 g/mol. The van der Waals surface area contributed by atoms with Gasteiger partial charge in [0.1, 0.15) is 5.82 Å². The molecule has 30 heavy (non-hydrogen) atoms. The van der Waals surface area contributed by atoms with Crippen LogP contribution in [0.2, 0.25) is 5.28 Å². The van der Waals surface area contributed by atoms with E-state index in [4.69, 9.17) is 22.1 Å². The van der Waals surface area contributed by atoms with Gasteiger partial charge in [-0.15, -0.1) is 0 Å². The van der Waals surface area contributed by atoms with Gasteiger partial charge in [-0.05, 0) is 35.4 Å². The van der Waals surface area contributed by atoms with Gasteiger partial charge in [0.15, 0.2) is 0 Å².